The Morgan fingerprint density at radius 3 is 2.64 bits per heavy atom. The number of pyridine rings is 1. The number of anilines is 1. The fraction of sp³-hybridized carbons (Fsp3) is 0.235. The van der Waals surface area contributed by atoms with Gasteiger partial charge in [-0.25, -0.2) is 4.68 Å². The summed E-state index contributed by atoms with van der Waals surface area (Å²) in [4.78, 5) is 15.9. The van der Waals surface area contributed by atoms with E-state index in [-0.39, 0.29) is 5.91 Å². The predicted molar refractivity (Wildman–Crippen MR) is 93.7 cm³/mol. The molecular formula is C17H19N7O. The minimum absolute atomic E-state index is 0.201. The highest BCUT2D eigenvalue weighted by Crippen LogP contribution is 2.10. The first-order valence-electron chi connectivity index (χ1n) is 7.94. The number of hydrogen-bond acceptors (Lipinski definition) is 6. The number of hydrogen-bond donors (Lipinski definition) is 2. The molecule has 128 valence electrons. The summed E-state index contributed by atoms with van der Waals surface area (Å²) in [5.74, 6) is 1.10. The van der Waals surface area contributed by atoms with Gasteiger partial charge in [-0.1, -0.05) is 6.07 Å². The minimum atomic E-state index is -0.201. The van der Waals surface area contributed by atoms with Gasteiger partial charge in [-0.15, -0.1) is 10.2 Å². The third-order valence-corrected chi connectivity index (χ3v) is 3.49. The molecule has 2 N–H and O–H groups in total. The Balaban J connectivity index is 1.49. The zero-order valence-corrected chi connectivity index (χ0v) is 14.1. The summed E-state index contributed by atoms with van der Waals surface area (Å²) in [5.41, 5.74) is 2.34. The Morgan fingerprint density at radius 1 is 1.12 bits per heavy atom. The summed E-state index contributed by atoms with van der Waals surface area (Å²) in [5, 5.41) is 18.6. The number of carbonyl (C=O) groups is 1. The van der Waals surface area contributed by atoms with E-state index in [1.165, 1.54) is 0 Å². The van der Waals surface area contributed by atoms with Crippen molar-refractivity contribution in [2.75, 3.05) is 18.4 Å². The van der Waals surface area contributed by atoms with Gasteiger partial charge in [-0.3, -0.25) is 9.78 Å². The van der Waals surface area contributed by atoms with E-state index in [4.69, 9.17) is 0 Å². The summed E-state index contributed by atoms with van der Waals surface area (Å²) in [6.07, 6.45) is 1.59. The summed E-state index contributed by atoms with van der Waals surface area (Å²) in [6, 6.07) is 10.9. The van der Waals surface area contributed by atoms with Crippen LogP contribution in [0.1, 0.15) is 21.9 Å². The Bertz CT molecular complexity index is 843. The van der Waals surface area contributed by atoms with Crippen molar-refractivity contribution in [1.82, 2.24) is 30.3 Å². The maximum atomic E-state index is 11.9. The zero-order valence-electron chi connectivity index (χ0n) is 14.1. The molecule has 0 aliphatic heterocycles. The molecule has 3 heterocycles. The van der Waals surface area contributed by atoms with Crippen LogP contribution in [0.2, 0.25) is 0 Å². The van der Waals surface area contributed by atoms with Crippen LogP contribution in [0.5, 0.6) is 0 Å². The van der Waals surface area contributed by atoms with Crippen molar-refractivity contribution in [1.29, 1.82) is 0 Å². The Labute approximate surface area is 145 Å². The van der Waals surface area contributed by atoms with Gasteiger partial charge in [-0.05, 0) is 44.2 Å². The molecule has 8 nitrogen and oxygen atoms in total. The monoisotopic (exact) mass is 337 g/mol. The van der Waals surface area contributed by atoms with E-state index in [9.17, 15) is 4.79 Å². The highest BCUT2D eigenvalue weighted by atomic mass is 16.1. The van der Waals surface area contributed by atoms with Crippen molar-refractivity contribution in [3.8, 4) is 5.82 Å². The molecule has 0 aromatic carbocycles. The Morgan fingerprint density at radius 2 is 2.00 bits per heavy atom. The number of rotatable bonds is 6. The number of carbonyl (C=O) groups excluding carboxylic acids is 1. The van der Waals surface area contributed by atoms with E-state index < -0.39 is 0 Å². The second-order valence-electron chi connectivity index (χ2n) is 5.51. The second kappa shape index (κ2) is 7.52. The molecule has 3 aromatic heterocycles. The molecule has 1 amide bonds. The second-order valence-corrected chi connectivity index (χ2v) is 5.51. The molecule has 0 saturated carbocycles. The third kappa shape index (κ3) is 4.17. The van der Waals surface area contributed by atoms with Crippen LogP contribution in [0.3, 0.4) is 0 Å². The first-order chi connectivity index (χ1) is 12.1. The molecule has 0 saturated heterocycles. The Hall–Kier alpha value is -3.29. The van der Waals surface area contributed by atoms with Crippen LogP contribution in [-0.4, -0.2) is 44.0 Å². The maximum Gasteiger partial charge on any atom is 0.269 e. The molecule has 25 heavy (non-hydrogen) atoms. The van der Waals surface area contributed by atoms with E-state index in [0.717, 1.165) is 11.4 Å². The van der Waals surface area contributed by atoms with Crippen molar-refractivity contribution in [3.05, 3.63) is 59.7 Å². The predicted octanol–water partition coefficient (Wildman–Crippen LogP) is 1.52. The van der Waals surface area contributed by atoms with Crippen molar-refractivity contribution in [2.24, 2.45) is 0 Å². The smallest absolute Gasteiger partial charge is 0.269 e. The van der Waals surface area contributed by atoms with Crippen LogP contribution < -0.4 is 10.6 Å². The van der Waals surface area contributed by atoms with Crippen LogP contribution in [0.25, 0.3) is 5.82 Å². The Kier molecular flexibility index (Phi) is 4.98. The van der Waals surface area contributed by atoms with Crippen molar-refractivity contribution in [3.63, 3.8) is 0 Å². The van der Waals surface area contributed by atoms with Gasteiger partial charge in [0, 0.05) is 25.0 Å². The largest absolute Gasteiger partial charge is 0.367 e. The van der Waals surface area contributed by atoms with E-state index in [1.54, 1.807) is 29.1 Å². The highest BCUT2D eigenvalue weighted by Gasteiger charge is 2.07. The molecule has 0 aliphatic rings. The minimum Gasteiger partial charge on any atom is -0.367 e. The number of amides is 1. The molecule has 0 spiro atoms. The van der Waals surface area contributed by atoms with Crippen molar-refractivity contribution < 1.29 is 4.79 Å². The van der Waals surface area contributed by atoms with Crippen LogP contribution in [-0.2, 0) is 0 Å². The van der Waals surface area contributed by atoms with Crippen LogP contribution in [0.15, 0.2) is 42.6 Å². The topological polar surface area (TPSA) is 97.6 Å². The molecular weight excluding hydrogens is 318 g/mol. The number of nitrogens with one attached hydrogen (secondary N) is 2. The lowest BCUT2D eigenvalue weighted by Crippen LogP contribution is -2.29. The molecule has 3 rings (SSSR count). The molecule has 0 atom stereocenters. The molecule has 0 bridgehead atoms. The van der Waals surface area contributed by atoms with Gasteiger partial charge < -0.3 is 10.6 Å². The number of aromatic nitrogens is 5. The lowest BCUT2D eigenvalue weighted by molar-refractivity contribution is 0.0950. The average molecular weight is 337 g/mol. The summed E-state index contributed by atoms with van der Waals surface area (Å²) >= 11 is 0. The van der Waals surface area contributed by atoms with Gasteiger partial charge in [-0.2, -0.15) is 5.10 Å². The van der Waals surface area contributed by atoms with Crippen LogP contribution in [0, 0.1) is 13.8 Å². The standard InChI is InChI=1S/C17H19N7O/c1-12-11-13(2)24(23-12)16-7-6-15(21-22-16)19-9-10-20-17(25)14-5-3-4-8-18-14/h3-8,11H,9-10H2,1-2H3,(H,19,21)(H,20,25). The molecule has 0 fully saturated rings. The van der Waals surface area contributed by atoms with E-state index in [1.807, 2.05) is 32.0 Å². The SMILES string of the molecule is Cc1cc(C)n(-c2ccc(NCCNC(=O)c3ccccn3)nn2)n1. The van der Waals surface area contributed by atoms with Gasteiger partial charge in [0.25, 0.3) is 5.91 Å². The van der Waals surface area contributed by atoms with Gasteiger partial charge in [0.05, 0.1) is 5.69 Å². The van der Waals surface area contributed by atoms with Crippen molar-refractivity contribution >= 4 is 11.7 Å². The average Bonchev–Trinajstić information content (AvgIpc) is 2.98. The molecule has 0 unspecified atom stereocenters. The summed E-state index contributed by atoms with van der Waals surface area (Å²) in [6.45, 7) is 4.90. The van der Waals surface area contributed by atoms with E-state index in [0.29, 0.717) is 30.4 Å². The van der Waals surface area contributed by atoms with Crippen LogP contribution in [0.4, 0.5) is 5.82 Å². The van der Waals surface area contributed by atoms with Gasteiger partial charge in [0.2, 0.25) is 0 Å². The molecule has 0 aliphatic carbocycles. The van der Waals surface area contributed by atoms with E-state index >= 15 is 0 Å². The number of aryl methyl sites for hydroxylation is 2. The van der Waals surface area contributed by atoms with Gasteiger partial charge in [0.1, 0.15) is 11.5 Å². The van der Waals surface area contributed by atoms with E-state index in [2.05, 4.69) is 30.9 Å². The van der Waals surface area contributed by atoms with Crippen molar-refractivity contribution in [2.45, 2.75) is 13.8 Å². The summed E-state index contributed by atoms with van der Waals surface area (Å²) in [7, 11) is 0. The summed E-state index contributed by atoms with van der Waals surface area (Å²) < 4.78 is 1.75. The number of nitrogens with zero attached hydrogens (tertiary/aromatic N) is 5. The zero-order chi connectivity index (χ0) is 17.6. The lowest BCUT2D eigenvalue weighted by atomic mass is 10.3. The fourth-order valence-electron chi connectivity index (χ4n) is 2.35. The molecule has 0 radical (unpaired) electrons. The van der Waals surface area contributed by atoms with Crippen LogP contribution >= 0.6 is 0 Å². The first kappa shape index (κ1) is 16.6. The quantitative estimate of drug-likeness (QED) is 0.662. The molecule has 3 aromatic rings. The fourth-order valence-corrected chi connectivity index (χ4v) is 2.35. The maximum absolute atomic E-state index is 11.9. The normalized spacial score (nSPS) is 10.5. The van der Waals surface area contributed by atoms with Gasteiger partial charge >= 0.3 is 0 Å². The lowest BCUT2D eigenvalue weighted by Gasteiger charge is -2.07. The third-order valence-electron chi connectivity index (χ3n) is 3.49. The first-order valence-corrected chi connectivity index (χ1v) is 7.94. The van der Waals surface area contributed by atoms with Gasteiger partial charge in [0.15, 0.2) is 5.82 Å². The molecule has 8 heteroatoms. The highest BCUT2D eigenvalue weighted by molar-refractivity contribution is 5.92.